The highest BCUT2D eigenvalue weighted by molar-refractivity contribution is 5.76. The Morgan fingerprint density at radius 3 is 2.54 bits per heavy atom. The van der Waals surface area contributed by atoms with Gasteiger partial charge in [-0.1, -0.05) is 18.9 Å². The average molecular weight is 331 g/mol. The Morgan fingerprint density at radius 1 is 1.08 bits per heavy atom. The minimum Gasteiger partial charge on any atom is -0.493 e. The topological polar surface area (TPSA) is 38.8 Å². The second kappa shape index (κ2) is 7.91. The standard InChI is InChI=1S/C20H29NO3/c1-23-18-8-7-16(12-19(18)24-2)11-17-9-10-21(14-17)20(22)13-15-5-3-4-6-15/h7-8,12,15,17H,3-6,9-11,13-14H2,1-2H3. The van der Waals surface area contributed by atoms with Gasteiger partial charge in [0, 0.05) is 19.5 Å². The molecule has 0 aromatic heterocycles. The van der Waals surface area contributed by atoms with Gasteiger partial charge in [0.05, 0.1) is 14.2 Å². The molecule has 24 heavy (non-hydrogen) atoms. The first-order valence-corrected chi connectivity index (χ1v) is 9.18. The number of amides is 1. The molecule has 0 bridgehead atoms. The van der Waals surface area contributed by atoms with Gasteiger partial charge in [0.15, 0.2) is 11.5 Å². The van der Waals surface area contributed by atoms with Gasteiger partial charge < -0.3 is 14.4 Å². The van der Waals surface area contributed by atoms with Crippen LogP contribution in [0.1, 0.15) is 44.1 Å². The predicted octanol–water partition coefficient (Wildman–Crippen LogP) is 3.68. The molecule has 2 aliphatic rings. The maximum absolute atomic E-state index is 12.5. The number of hydrogen-bond donors (Lipinski definition) is 0. The number of rotatable bonds is 6. The summed E-state index contributed by atoms with van der Waals surface area (Å²) >= 11 is 0. The summed E-state index contributed by atoms with van der Waals surface area (Å²) in [6.07, 6.45) is 7.96. The number of benzene rings is 1. The van der Waals surface area contributed by atoms with Crippen molar-refractivity contribution in [2.45, 2.75) is 44.9 Å². The van der Waals surface area contributed by atoms with Crippen LogP contribution in [0, 0.1) is 11.8 Å². The van der Waals surface area contributed by atoms with Crippen LogP contribution in [0.5, 0.6) is 11.5 Å². The van der Waals surface area contributed by atoms with Crippen LogP contribution in [0.25, 0.3) is 0 Å². The number of likely N-dealkylation sites (tertiary alicyclic amines) is 1. The first kappa shape index (κ1) is 17.1. The largest absolute Gasteiger partial charge is 0.493 e. The Bertz CT molecular complexity index is 566. The van der Waals surface area contributed by atoms with Crippen molar-refractivity contribution in [3.63, 3.8) is 0 Å². The van der Waals surface area contributed by atoms with Crippen LogP contribution >= 0.6 is 0 Å². The Morgan fingerprint density at radius 2 is 1.83 bits per heavy atom. The van der Waals surface area contributed by atoms with E-state index in [4.69, 9.17) is 9.47 Å². The third kappa shape index (κ3) is 4.03. The number of nitrogens with zero attached hydrogens (tertiary/aromatic N) is 1. The van der Waals surface area contributed by atoms with E-state index in [2.05, 4.69) is 17.0 Å². The van der Waals surface area contributed by atoms with Crippen LogP contribution in [-0.4, -0.2) is 38.1 Å². The molecule has 1 aliphatic heterocycles. The van der Waals surface area contributed by atoms with Crippen molar-refractivity contribution in [3.8, 4) is 11.5 Å². The second-order valence-corrected chi connectivity index (χ2v) is 7.24. The normalized spacial score (nSPS) is 21.2. The Kier molecular flexibility index (Phi) is 5.64. The first-order valence-electron chi connectivity index (χ1n) is 9.18. The van der Waals surface area contributed by atoms with Crippen LogP contribution in [0.3, 0.4) is 0 Å². The van der Waals surface area contributed by atoms with E-state index < -0.39 is 0 Å². The fourth-order valence-electron chi connectivity index (χ4n) is 4.16. The third-order valence-electron chi connectivity index (χ3n) is 5.55. The highest BCUT2D eigenvalue weighted by atomic mass is 16.5. The summed E-state index contributed by atoms with van der Waals surface area (Å²) in [7, 11) is 3.32. The molecule has 1 atom stereocenters. The number of carbonyl (C=O) groups is 1. The van der Waals surface area contributed by atoms with Crippen molar-refractivity contribution in [3.05, 3.63) is 23.8 Å². The van der Waals surface area contributed by atoms with E-state index in [1.54, 1.807) is 14.2 Å². The highest BCUT2D eigenvalue weighted by Crippen LogP contribution is 2.31. The van der Waals surface area contributed by atoms with Gasteiger partial charge in [-0.05, 0) is 55.2 Å². The molecule has 1 heterocycles. The summed E-state index contributed by atoms with van der Waals surface area (Å²) in [5.41, 5.74) is 1.25. The van der Waals surface area contributed by atoms with Crippen molar-refractivity contribution in [2.75, 3.05) is 27.3 Å². The predicted molar refractivity (Wildman–Crippen MR) is 94.5 cm³/mol. The molecular formula is C20H29NO3. The summed E-state index contributed by atoms with van der Waals surface area (Å²) in [6, 6.07) is 6.12. The van der Waals surface area contributed by atoms with Gasteiger partial charge >= 0.3 is 0 Å². The SMILES string of the molecule is COc1ccc(CC2CCN(C(=O)CC3CCCC3)C2)cc1OC. The Balaban J connectivity index is 1.53. The molecule has 1 unspecified atom stereocenters. The van der Waals surface area contributed by atoms with Crippen LogP contribution in [0.4, 0.5) is 0 Å². The molecule has 1 saturated heterocycles. The molecule has 3 rings (SSSR count). The third-order valence-corrected chi connectivity index (χ3v) is 5.55. The lowest BCUT2D eigenvalue weighted by atomic mass is 9.98. The van der Waals surface area contributed by atoms with E-state index in [9.17, 15) is 4.79 Å². The number of ether oxygens (including phenoxy) is 2. The van der Waals surface area contributed by atoms with Gasteiger partial charge in [0.1, 0.15) is 0 Å². The smallest absolute Gasteiger partial charge is 0.222 e. The van der Waals surface area contributed by atoms with E-state index >= 15 is 0 Å². The van der Waals surface area contributed by atoms with Crippen molar-refractivity contribution >= 4 is 5.91 Å². The van der Waals surface area contributed by atoms with E-state index in [0.29, 0.717) is 17.7 Å². The molecule has 0 N–H and O–H groups in total. The van der Waals surface area contributed by atoms with Crippen LogP contribution in [0.2, 0.25) is 0 Å². The average Bonchev–Trinajstić information content (AvgIpc) is 3.26. The van der Waals surface area contributed by atoms with E-state index in [1.807, 2.05) is 6.07 Å². The van der Waals surface area contributed by atoms with Gasteiger partial charge in [0.25, 0.3) is 0 Å². The lowest BCUT2D eigenvalue weighted by Gasteiger charge is -2.19. The fourth-order valence-corrected chi connectivity index (χ4v) is 4.16. The van der Waals surface area contributed by atoms with Gasteiger partial charge in [-0.25, -0.2) is 0 Å². The molecule has 0 radical (unpaired) electrons. The summed E-state index contributed by atoms with van der Waals surface area (Å²) in [6.45, 7) is 1.82. The molecule has 1 aliphatic carbocycles. The number of methoxy groups -OCH3 is 2. The zero-order chi connectivity index (χ0) is 16.9. The molecule has 2 fully saturated rings. The Hall–Kier alpha value is -1.71. The van der Waals surface area contributed by atoms with Crippen LogP contribution in [0.15, 0.2) is 18.2 Å². The monoisotopic (exact) mass is 331 g/mol. The highest BCUT2D eigenvalue weighted by Gasteiger charge is 2.28. The minimum atomic E-state index is 0.372. The summed E-state index contributed by atoms with van der Waals surface area (Å²) < 4.78 is 10.7. The van der Waals surface area contributed by atoms with E-state index in [0.717, 1.165) is 43.9 Å². The van der Waals surface area contributed by atoms with Crippen molar-refractivity contribution in [1.82, 2.24) is 4.90 Å². The molecular weight excluding hydrogens is 302 g/mol. The van der Waals surface area contributed by atoms with Crippen molar-refractivity contribution < 1.29 is 14.3 Å². The molecule has 0 spiro atoms. The van der Waals surface area contributed by atoms with E-state index in [-0.39, 0.29) is 0 Å². The first-order chi connectivity index (χ1) is 11.7. The molecule has 1 amide bonds. The van der Waals surface area contributed by atoms with Crippen molar-refractivity contribution in [1.29, 1.82) is 0 Å². The number of hydrogen-bond acceptors (Lipinski definition) is 3. The molecule has 1 aromatic rings. The summed E-state index contributed by atoms with van der Waals surface area (Å²) in [4.78, 5) is 14.6. The fraction of sp³-hybridized carbons (Fsp3) is 0.650. The van der Waals surface area contributed by atoms with E-state index in [1.165, 1.54) is 31.2 Å². The van der Waals surface area contributed by atoms with Gasteiger partial charge in [-0.2, -0.15) is 0 Å². The maximum Gasteiger partial charge on any atom is 0.222 e. The Labute approximate surface area is 145 Å². The van der Waals surface area contributed by atoms with Gasteiger partial charge in [0.2, 0.25) is 5.91 Å². The molecule has 4 nitrogen and oxygen atoms in total. The van der Waals surface area contributed by atoms with Gasteiger partial charge in [-0.3, -0.25) is 4.79 Å². The minimum absolute atomic E-state index is 0.372. The zero-order valence-corrected chi connectivity index (χ0v) is 14.9. The molecule has 1 saturated carbocycles. The maximum atomic E-state index is 12.5. The molecule has 132 valence electrons. The quantitative estimate of drug-likeness (QED) is 0.798. The molecule has 1 aromatic carbocycles. The zero-order valence-electron chi connectivity index (χ0n) is 14.9. The molecule has 4 heteroatoms. The summed E-state index contributed by atoms with van der Waals surface area (Å²) in [5.74, 6) is 3.11. The number of carbonyl (C=O) groups excluding carboxylic acids is 1. The van der Waals surface area contributed by atoms with Crippen molar-refractivity contribution in [2.24, 2.45) is 11.8 Å². The summed E-state index contributed by atoms with van der Waals surface area (Å²) in [5, 5.41) is 0. The van der Waals surface area contributed by atoms with Crippen LogP contribution in [-0.2, 0) is 11.2 Å². The van der Waals surface area contributed by atoms with Gasteiger partial charge in [-0.15, -0.1) is 0 Å². The lowest BCUT2D eigenvalue weighted by Crippen LogP contribution is -2.30. The second-order valence-electron chi connectivity index (χ2n) is 7.24. The lowest BCUT2D eigenvalue weighted by molar-refractivity contribution is -0.131. The van der Waals surface area contributed by atoms with Crippen LogP contribution < -0.4 is 9.47 Å².